The first-order valence-electron chi connectivity index (χ1n) is 7.02. The molecule has 0 unspecified atom stereocenters. The number of carbonyl (C=O) groups excluding carboxylic acids is 3. The third-order valence-corrected chi connectivity index (χ3v) is 2.99. The number of likely N-dealkylation sites (N-methyl/N-ethyl adjacent to an activating group) is 1. The van der Waals surface area contributed by atoms with Crippen molar-refractivity contribution in [1.29, 1.82) is 0 Å². The molecule has 1 aliphatic heterocycles. The number of nitrogens with one attached hydrogen (secondary N) is 2. The molecule has 0 atom stereocenters. The van der Waals surface area contributed by atoms with E-state index >= 15 is 0 Å². The molecule has 0 saturated carbocycles. The Morgan fingerprint density at radius 1 is 1.38 bits per heavy atom. The smallest absolute Gasteiger partial charge is 0.376 e. The van der Waals surface area contributed by atoms with Crippen LogP contribution in [0.3, 0.4) is 0 Å². The molecule has 1 aliphatic rings. The van der Waals surface area contributed by atoms with E-state index in [1.54, 1.807) is 30.3 Å². The zero-order valence-electron chi connectivity index (χ0n) is 12.9. The second-order valence-corrected chi connectivity index (χ2v) is 4.72. The van der Waals surface area contributed by atoms with E-state index in [1.807, 2.05) is 0 Å². The molecular formula is C15H16N4O5. The minimum atomic E-state index is -0.715. The van der Waals surface area contributed by atoms with Gasteiger partial charge in [0.05, 0.1) is 6.61 Å². The van der Waals surface area contributed by atoms with Gasteiger partial charge in [0.1, 0.15) is 11.4 Å². The van der Waals surface area contributed by atoms with Crippen molar-refractivity contribution in [2.75, 3.05) is 20.2 Å². The van der Waals surface area contributed by atoms with Gasteiger partial charge in [0.2, 0.25) is 0 Å². The average molecular weight is 332 g/mol. The zero-order valence-corrected chi connectivity index (χ0v) is 12.9. The highest BCUT2D eigenvalue weighted by atomic mass is 16.7. The Morgan fingerprint density at radius 3 is 2.67 bits per heavy atom. The molecular weight excluding hydrogens is 316 g/mol. The minimum Gasteiger partial charge on any atom is -0.395 e. The molecule has 1 heterocycles. The van der Waals surface area contributed by atoms with Crippen LogP contribution in [-0.2, 0) is 14.4 Å². The molecule has 9 heteroatoms. The standard InChI is InChI=1S/C15H16N4O5/c1-19-12(15(23)24-18-19)9-11(14(22)16-7-8-20)17-13(21)10-5-3-2-4-6-10/h2-6,9,18,20H,7-8H2,1H3,(H,16,22)/b12-9+,17-11?. The van der Waals surface area contributed by atoms with Crippen LogP contribution in [0.25, 0.3) is 0 Å². The van der Waals surface area contributed by atoms with Crippen molar-refractivity contribution in [2.45, 2.75) is 0 Å². The van der Waals surface area contributed by atoms with E-state index in [1.165, 1.54) is 12.1 Å². The summed E-state index contributed by atoms with van der Waals surface area (Å²) < 4.78 is 0. The molecule has 1 saturated heterocycles. The number of hydrogen-bond donors (Lipinski definition) is 3. The molecule has 0 radical (unpaired) electrons. The first kappa shape index (κ1) is 17.3. The minimum absolute atomic E-state index is 0.00811. The van der Waals surface area contributed by atoms with Gasteiger partial charge in [0.25, 0.3) is 11.8 Å². The summed E-state index contributed by atoms with van der Waals surface area (Å²) in [5, 5.41) is 12.4. The van der Waals surface area contributed by atoms with E-state index in [9.17, 15) is 14.4 Å². The van der Waals surface area contributed by atoms with Crippen LogP contribution in [0.2, 0.25) is 0 Å². The summed E-state index contributed by atoms with van der Waals surface area (Å²) in [4.78, 5) is 44.3. The van der Waals surface area contributed by atoms with Crippen molar-refractivity contribution in [3.63, 3.8) is 0 Å². The first-order chi connectivity index (χ1) is 11.5. The quantitative estimate of drug-likeness (QED) is 0.475. The van der Waals surface area contributed by atoms with Gasteiger partial charge in [-0.2, -0.15) is 0 Å². The van der Waals surface area contributed by atoms with Crippen LogP contribution in [0.1, 0.15) is 10.4 Å². The predicted molar refractivity (Wildman–Crippen MR) is 83.4 cm³/mol. The molecule has 0 spiro atoms. The monoisotopic (exact) mass is 332 g/mol. The van der Waals surface area contributed by atoms with Crippen LogP contribution < -0.4 is 10.9 Å². The van der Waals surface area contributed by atoms with Crippen LogP contribution in [0.4, 0.5) is 0 Å². The van der Waals surface area contributed by atoms with Gasteiger partial charge in [-0.05, 0) is 12.1 Å². The molecule has 126 valence electrons. The number of nitrogens with zero attached hydrogens (tertiary/aromatic N) is 2. The van der Waals surface area contributed by atoms with E-state index in [0.717, 1.165) is 6.08 Å². The Kier molecular flexibility index (Phi) is 5.77. The summed E-state index contributed by atoms with van der Waals surface area (Å²) in [7, 11) is 1.50. The van der Waals surface area contributed by atoms with Crippen molar-refractivity contribution < 1.29 is 24.3 Å². The maximum atomic E-state index is 12.2. The van der Waals surface area contributed by atoms with Gasteiger partial charge >= 0.3 is 5.97 Å². The maximum Gasteiger partial charge on any atom is 0.376 e. The predicted octanol–water partition coefficient (Wildman–Crippen LogP) is -0.832. The lowest BCUT2D eigenvalue weighted by molar-refractivity contribution is -0.142. The Hall–Kier alpha value is -3.04. The number of benzene rings is 1. The third kappa shape index (κ3) is 4.24. The number of aliphatic imine (C=N–C) groups is 1. The Bertz CT molecular complexity index is 699. The zero-order chi connectivity index (χ0) is 17.5. The molecule has 1 aromatic rings. The summed E-state index contributed by atoms with van der Waals surface area (Å²) in [6.07, 6.45) is 1.13. The molecule has 3 N–H and O–H groups in total. The Balaban J connectivity index is 2.34. The molecule has 1 fully saturated rings. The molecule has 2 rings (SSSR count). The average Bonchev–Trinajstić information content (AvgIpc) is 2.91. The van der Waals surface area contributed by atoms with E-state index < -0.39 is 17.8 Å². The van der Waals surface area contributed by atoms with Gasteiger partial charge in [-0.3, -0.25) is 14.6 Å². The summed E-state index contributed by atoms with van der Waals surface area (Å²) in [5.41, 5.74) is 2.32. The Labute approximate surface area is 137 Å². The molecule has 0 aliphatic carbocycles. The van der Waals surface area contributed by atoms with E-state index in [0.29, 0.717) is 5.56 Å². The SMILES string of the molecule is CN1NOC(=O)/C1=C\C(=NC(=O)c1ccccc1)C(=O)NCCO. The van der Waals surface area contributed by atoms with E-state index in [2.05, 4.69) is 20.7 Å². The van der Waals surface area contributed by atoms with Gasteiger partial charge in [0, 0.05) is 25.2 Å². The summed E-state index contributed by atoms with van der Waals surface area (Å²) in [6, 6.07) is 8.18. The first-order valence-corrected chi connectivity index (χ1v) is 7.02. The summed E-state index contributed by atoms with van der Waals surface area (Å²) >= 11 is 0. The molecule has 2 amide bonds. The second-order valence-electron chi connectivity index (χ2n) is 4.72. The molecule has 1 aromatic carbocycles. The van der Waals surface area contributed by atoms with E-state index in [-0.39, 0.29) is 24.6 Å². The fourth-order valence-electron chi connectivity index (χ4n) is 1.80. The van der Waals surface area contributed by atoms with Crippen molar-refractivity contribution in [3.8, 4) is 0 Å². The van der Waals surface area contributed by atoms with Crippen LogP contribution in [0.5, 0.6) is 0 Å². The topological polar surface area (TPSA) is 120 Å². The highest BCUT2D eigenvalue weighted by Crippen LogP contribution is 2.09. The van der Waals surface area contributed by atoms with Crippen LogP contribution in [0.15, 0.2) is 47.1 Å². The van der Waals surface area contributed by atoms with Crippen molar-refractivity contribution in [2.24, 2.45) is 4.99 Å². The summed E-state index contributed by atoms with van der Waals surface area (Å²) in [5.74, 6) is -2.05. The van der Waals surface area contributed by atoms with Gasteiger partial charge in [0.15, 0.2) is 0 Å². The second kappa shape index (κ2) is 7.99. The number of amides is 2. The number of rotatable bonds is 5. The lowest BCUT2D eigenvalue weighted by Crippen LogP contribution is -2.34. The largest absolute Gasteiger partial charge is 0.395 e. The third-order valence-electron chi connectivity index (χ3n) is 2.99. The highest BCUT2D eigenvalue weighted by molar-refractivity contribution is 6.45. The lowest BCUT2D eigenvalue weighted by Gasteiger charge is -2.08. The Morgan fingerprint density at radius 2 is 2.08 bits per heavy atom. The van der Waals surface area contributed by atoms with Crippen LogP contribution in [0, 0.1) is 0 Å². The lowest BCUT2D eigenvalue weighted by atomic mass is 10.2. The summed E-state index contributed by atoms with van der Waals surface area (Å²) in [6.45, 7) is -0.287. The number of aliphatic hydroxyl groups is 1. The van der Waals surface area contributed by atoms with Gasteiger partial charge < -0.3 is 15.3 Å². The number of aliphatic hydroxyl groups excluding tert-OH is 1. The van der Waals surface area contributed by atoms with Crippen LogP contribution in [-0.4, -0.2) is 53.8 Å². The van der Waals surface area contributed by atoms with Crippen molar-refractivity contribution in [3.05, 3.63) is 47.7 Å². The number of carbonyl (C=O) groups is 3. The highest BCUT2D eigenvalue weighted by Gasteiger charge is 2.26. The van der Waals surface area contributed by atoms with Gasteiger partial charge in [-0.25, -0.2) is 9.79 Å². The maximum absolute atomic E-state index is 12.2. The number of hydrogen-bond acceptors (Lipinski definition) is 7. The van der Waals surface area contributed by atoms with E-state index in [4.69, 9.17) is 5.11 Å². The molecule has 9 nitrogen and oxygen atoms in total. The van der Waals surface area contributed by atoms with Crippen molar-refractivity contribution in [1.82, 2.24) is 15.9 Å². The molecule has 0 aromatic heterocycles. The van der Waals surface area contributed by atoms with Crippen LogP contribution >= 0.6 is 0 Å². The fourth-order valence-corrected chi connectivity index (χ4v) is 1.80. The fraction of sp³-hybridized carbons (Fsp3) is 0.200. The molecule has 24 heavy (non-hydrogen) atoms. The normalized spacial score (nSPS) is 16.2. The van der Waals surface area contributed by atoms with Gasteiger partial charge in [-0.1, -0.05) is 23.8 Å². The van der Waals surface area contributed by atoms with Gasteiger partial charge in [-0.15, -0.1) is 0 Å². The number of hydrazine groups is 1. The molecule has 0 bridgehead atoms. The van der Waals surface area contributed by atoms with Crippen molar-refractivity contribution >= 4 is 23.5 Å².